The van der Waals surface area contributed by atoms with Gasteiger partial charge in [-0.15, -0.1) is 11.3 Å². The second-order valence-corrected chi connectivity index (χ2v) is 5.18. The van der Waals surface area contributed by atoms with Gasteiger partial charge in [0.1, 0.15) is 23.8 Å². The number of halogens is 1. The van der Waals surface area contributed by atoms with Gasteiger partial charge in [-0.3, -0.25) is 0 Å². The maximum atomic E-state index is 5.86. The van der Waals surface area contributed by atoms with Crippen molar-refractivity contribution < 1.29 is 9.47 Å². The van der Waals surface area contributed by atoms with Crippen LogP contribution in [0, 0.1) is 0 Å². The summed E-state index contributed by atoms with van der Waals surface area (Å²) < 4.78 is 11.2. The first-order chi connectivity index (χ1) is 9.83. The van der Waals surface area contributed by atoms with Crippen LogP contribution >= 0.6 is 22.9 Å². The number of hydrogen-bond donors (Lipinski definition) is 0. The summed E-state index contributed by atoms with van der Waals surface area (Å²) in [5, 5.41) is 3.00. The third-order valence-corrected chi connectivity index (χ3v) is 3.57. The predicted octanol–water partition coefficient (Wildman–Crippen LogP) is 3.80. The van der Waals surface area contributed by atoms with Gasteiger partial charge in [-0.25, -0.2) is 4.98 Å². The molecular formula is C14H11ClN2O2S. The SMILES string of the molecule is Clc1nc(OCCOc2ccccc2)c2ccsc2n1. The summed E-state index contributed by atoms with van der Waals surface area (Å²) in [6, 6.07) is 11.5. The van der Waals surface area contributed by atoms with Crippen LogP contribution in [0.2, 0.25) is 5.28 Å². The number of fused-ring (bicyclic) bond motifs is 1. The number of aromatic nitrogens is 2. The van der Waals surface area contributed by atoms with Crippen LogP contribution in [0.15, 0.2) is 41.8 Å². The fourth-order valence-electron chi connectivity index (χ4n) is 1.73. The summed E-state index contributed by atoms with van der Waals surface area (Å²) in [7, 11) is 0. The summed E-state index contributed by atoms with van der Waals surface area (Å²) in [6.45, 7) is 0.838. The molecule has 0 aliphatic heterocycles. The van der Waals surface area contributed by atoms with Crippen molar-refractivity contribution in [1.29, 1.82) is 0 Å². The molecule has 4 nitrogen and oxygen atoms in total. The summed E-state index contributed by atoms with van der Waals surface area (Å²) in [6.07, 6.45) is 0. The van der Waals surface area contributed by atoms with Gasteiger partial charge in [0.05, 0.1) is 5.39 Å². The number of rotatable bonds is 5. The van der Waals surface area contributed by atoms with Crippen LogP contribution in [0.3, 0.4) is 0 Å². The minimum atomic E-state index is 0.193. The lowest BCUT2D eigenvalue weighted by molar-refractivity contribution is 0.213. The molecule has 0 fully saturated rings. The van der Waals surface area contributed by atoms with Gasteiger partial charge in [0.15, 0.2) is 0 Å². The topological polar surface area (TPSA) is 44.2 Å². The first-order valence-electron chi connectivity index (χ1n) is 6.04. The fraction of sp³-hybridized carbons (Fsp3) is 0.143. The van der Waals surface area contributed by atoms with Crippen LogP contribution in [0.4, 0.5) is 0 Å². The van der Waals surface area contributed by atoms with Crippen molar-refractivity contribution in [3.8, 4) is 11.6 Å². The number of ether oxygens (including phenoxy) is 2. The van der Waals surface area contributed by atoms with Crippen LogP contribution in [-0.4, -0.2) is 23.2 Å². The Hall–Kier alpha value is -1.85. The van der Waals surface area contributed by atoms with E-state index in [0.717, 1.165) is 16.0 Å². The molecule has 1 aromatic carbocycles. The largest absolute Gasteiger partial charge is 0.490 e. The van der Waals surface area contributed by atoms with Crippen molar-refractivity contribution in [2.75, 3.05) is 13.2 Å². The van der Waals surface area contributed by atoms with Crippen molar-refractivity contribution >= 4 is 33.2 Å². The minimum Gasteiger partial charge on any atom is -0.490 e. The zero-order valence-corrected chi connectivity index (χ0v) is 12.0. The highest BCUT2D eigenvalue weighted by atomic mass is 35.5. The van der Waals surface area contributed by atoms with Crippen LogP contribution in [0.5, 0.6) is 11.6 Å². The van der Waals surface area contributed by atoms with E-state index in [1.165, 1.54) is 11.3 Å². The Kier molecular flexibility index (Phi) is 3.99. The third-order valence-electron chi connectivity index (χ3n) is 2.60. The van der Waals surface area contributed by atoms with E-state index in [9.17, 15) is 0 Å². The maximum absolute atomic E-state index is 5.86. The highest BCUT2D eigenvalue weighted by molar-refractivity contribution is 7.16. The number of thiophene rings is 1. The van der Waals surface area contributed by atoms with E-state index in [1.54, 1.807) is 0 Å². The van der Waals surface area contributed by atoms with Crippen molar-refractivity contribution in [3.05, 3.63) is 47.1 Å². The Labute approximate surface area is 125 Å². The lowest BCUT2D eigenvalue weighted by Gasteiger charge is -2.08. The molecule has 2 heterocycles. The zero-order chi connectivity index (χ0) is 13.8. The minimum absolute atomic E-state index is 0.193. The Morgan fingerprint density at radius 3 is 2.65 bits per heavy atom. The Morgan fingerprint density at radius 2 is 1.80 bits per heavy atom. The van der Waals surface area contributed by atoms with Crippen LogP contribution in [0.1, 0.15) is 0 Å². The summed E-state index contributed by atoms with van der Waals surface area (Å²) >= 11 is 7.37. The van der Waals surface area contributed by atoms with Gasteiger partial charge in [-0.05, 0) is 35.2 Å². The van der Waals surface area contributed by atoms with E-state index in [0.29, 0.717) is 19.1 Å². The van der Waals surface area contributed by atoms with Crippen molar-refractivity contribution in [2.24, 2.45) is 0 Å². The summed E-state index contributed by atoms with van der Waals surface area (Å²) in [4.78, 5) is 9.06. The molecule has 0 aliphatic rings. The molecule has 0 bridgehead atoms. The molecule has 3 aromatic rings. The molecule has 3 rings (SSSR count). The molecule has 102 valence electrons. The standard InChI is InChI=1S/C14H11ClN2O2S/c15-14-16-12(11-6-9-20-13(11)17-14)19-8-7-18-10-4-2-1-3-5-10/h1-6,9H,7-8H2. The van der Waals surface area contributed by atoms with E-state index in [2.05, 4.69) is 9.97 Å². The smallest absolute Gasteiger partial charge is 0.227 e. The molecule has 0 saturated heterocycles. The maximum Gasteiger partial charge on any atom is 0.227 e. The highest BCUT2D eigenvalue weighted by Gasteiger charge is 2.08. The molecule has 0 aliphatic carbocycles. The van der Waals surface area contributed by atoms with Crippen molar-refractivity contribution in [3.63, 3.8) is 0 Å². The molecule has 0 amide bonds. The van der Waals surface area contributed by atoms with E-state index < -0.39 is 0 Å². The van der Waals surface area contributed by atoms with Crippen LogP contribution < -0.4 is 9.47 Å². The average Bonchev–Trinajstić information content (AvgIpc) is 2.92. The average molecular weight is 307 g/mol. The van der Waals surface area contributed by atoms with Gasteiger partial charge in [0, 0.05) is 0 Å². The quantitative estimate of drug-likeness (QED) is 0.531. The van der Waals surface area contributed by atoms with E-state index >= 15 is 0 Å². The lowest BCUT2D eigenvalue weighted by Crippen LogP contribution is -2.10. The molecule has 0 unspecified atom stereocenters. The monoisotopic (exact) mass is 306 g/mol. The Balaban J connectivity index is 1.61. The number of benzene rings is 1. The molecule has 0 saturated carbocycles. The third kappa shape index (κ3) is 3.00. The molecule has 2 aromatic heterocycles. The lowest BCUT2D eigenvalue weighted by atomic mass is 10.3. The number of nitrogens with zero attached hydrogens (tertiary/aromatic N) is 2. The predicted molar refractivity (Wildman–Crippen MR) is 79.9 cm³/mol. The first kappa shape index (κ1) is 13.1. The summed E-state index contributed by atoms with van der Waals surface area (Å²) in [5.41, 5.74) is 0. The molecule has 0 N–H and O–H groups in total. The van der Waals surface area contributed by atoms with Gasteiger partial charge in [0.25, 0.3) is 0 Å². The number of hydrogen-bond acceptors (Lipinski definition) is 5. The van der Waals surface area contributed by atoms with E-state index in [1.807, 2.05) is 41.8 Å². The first-order valence-corrected chi connectivity index (χ1v) is 7.30. The Morgan fingerprint density at radius 1 is 1.00 bits per heavy atom. The normalized spacial score (nSPS) is 10.7. The van der Waals surface area contributed by atoms with Crippen LogP contribution in [0.25, 0.3) is 10.2 Å². The molecule has 6 heteroatoms. The van der Waals surface area contributed by atoms with Crippen molar-refractivity contribution in [2.45, 2.75) is 0 Å². The Bertz CT molecular complexity index is 703. The van der Waals surface area contributed by atoms with Gasteiger partial charge in [0.2, 0.25) is 11.2 Å². The molecule has 20 heavy (non-hydrogen) atoms. The number of para-hydroxylation sites is 1. The van der Waals surface area contributed by atoms with Gasteiger partial charge >= 0.3 is 0 Å². The van der Waals surface area contributed by atoms with Crippen molar-refractivity contribution in [1.82, 2.24) is 9.97 Å². The molecule has 0 spiro atoms. The molecular weight excluding hydrogens is 296 g/mol. The van der Waals surface area contributed by atoms with E-state index in [-0.39, 0.29) is 5.28 Å². The second kappa shape index (κ2) is 6.07. The van der Waals surface area contributed by atoms with Crippen LogP contribution in [-0.2, 0) is 0 Å². The van der Waals surface area contributed by atoms with Gasteiger partial charge in [-0.1, -0.05) is 18.2 Å². The second-order valence-electron chi connectivity index (χ2n) is 3.95. The molecule has 0 radical (unpaired) electrons. The summed E-state index contributed by atoms with van der Waals surface area (Å²) in [5.74, 6) is 1.32. The highest BCUT2D eigenvalue weighted by Crippen LogP contribution is 2.27. The zero-order valence-electron chi connectivity index (χ0n) is 10.5. The fourth-order valence-corrected chi connectivity index (χ4v) is 2.69. The van der Waals surface area contributed by atoms with Gasteiger partial charge < -0.3 is 9.47 Å². The van der Waals surface area contributed by atoms with E-state index in [4.69, 9.17) is 21.1 Å². The van der Waals surface area contributed by atoms with Gasteiger partial charge in [-0.2, -0.15) is 4.98 Å². The molecule has 0 atom stereocenters.